The predicted molar refractivity (Wildman–Crippen MR) is 107 cm³/mol. The molecule has 0 spiro atoms. The van der Waals surface area contributed by atoms with Crippen molar-refractivity contribution in [1.29, 1.82) is 0 Å². The van der Waals surface area contributed by atoms with Crippen molar-refractivity contribution >= 4 is 21.6 Å². The Balaban J connectivity index is 1.43. The Hall–Kier alpha value is -2.77. The molecule has 0 radical (unpaired) electrons. The van der Waals surface area contributed by atoms with Crippen molar-refractivity contribution in [3.05, 3.63) is 75.6 Å². The van der Waals surface area contributed by atoms with Crippen LogP contribution in [-0.4, -0.2) is 20.9 Å². The van der Waals surface area contributed by atoms with E-state index in [2.05, 4.69) is 9.88 Å². The number of rotatable bonds is 6. The quantitative estimate of drug-likeness (QED) is 0.520. The Kier molecular flexibility index (Phi) is 4.33. The molecule has 0 amide bonds. The Morgan fingerprint density at radius 1 is 1.21 bits per heavy atom. The smallest absolute Gasteiger partial charge is 0.260 e. The Labute approximate surface area is 164 Å². The first-order valence-corrected chi connectivity index (χ1v) is 10.1. The fraction of sp³-hybridized carbons (Fsp3) is 0.238. The average Bonchev–Trinajstić information content (AvgIpc) is 3.21. The minimum Gasteiger partial charge on any atom is -0.464 e. The van der Waals surface area contributed by atoms with Crippen molar-refractivity contribution < 1.29 is 8.81 Å². The lowest BCUT2D eigenvalue weighted by Gasteiger charge is -2.21. The summed E-state index contributed by atoms with van der Waals surface area (Å²) < 4.78 is 18.6. The van der Waals surface area contributed by atoms with Crippen LogP contribution in [0.2, 0.25) is 0 Å². The lowest BCUT2D eigenvalue weighted by molar-refractivity contribution is 0.239. The van der Waals surface area contributed by atoms with E-state index in [0.29, 0.717) is 40.9 Å². The molecule has 0 aliphatic heterocycles. The second kappa shape index (κ2) is 7.00. The number of aromatic amines is 1. The van der Waals surface area contributed by atoms with E-state index in [1.807, 2.05) is 11.4 Å². The molecule has 0 bridgehead atoms. The number of aromatic nitrogens is 2. The highest BCUT2D eigenvalue weighted by atomic mass is 32.1. The van der Waals surface area contributed by atoms with E-state index in [0.717, 1.165) is 24.0 Å². The normalized spacial score (nSPS) is 14.2. The monoisotopic (exact) mass is 395 g/mol. The van der Waals surface area contributed by atoms with Crippen LogP contribution >= 0.6 is 11.3 Å². The maximum absolute atomic E-state index is 13.2. The molecule has 0 atom stereocenters. The van der Waals surface area contributed by atoms with Crippen LogP contribution in [0.25, 0.3) is 21.5 Å². The summed E-state index contributed by atoms with van der Waals surface area (Å²) in [7, 11) is 0. The van der Waals surface area contributed by atoms with Gasteiger partial charge in [0.25, 0.3) is 5.56 Å². The zero-order valence-corrected chi connectivity index (χ0v) is 15.8. The van der Waals surface area contributed by atoms with Crippen LogP contribution in [-0.2, 0) is 13.1 Å². The van der Waals surface area contributed by atoms with Gasteiger partial charge >= 0.3 is 0 Å². The zero-order chi connectivity index (χ0) is 19.1. The Morgan fingerprint density at radius 3 is 2.75 bits per heavy atom. The minimum absolute atomic E-state index is 0.148. The standard InChI is InChI=1S/C21H18FN3O2S/c22-14-5-3-13(4-6-14)10-25(15-7-8-15)11-18-23-20(26)19-16(12-28-21(19)24-18)17-2-1-9-27-17/h1-6,9,12,15H,7-8,10-11H2,(H,23,24,26). The topological polar surface area (TPSA) is 62.1 Å². The maximum Gasteiger partial charge on any atom is 0.260 e. The van der Waals surface area contributed by atoms with E-state index >= 15 is 0 Å². The van der Waals surface area contributed by atoms with Gasteiger partial charge in [-0.3, -0.25) is 9.69 Å². The molecule has 1 saturated carbocycles. The van der Waals surface area contributed by atoms with Crippen molar-refractivity contribution in [2.24, 2.45) is 0 Å². The number of benzene rings is 1. The molecule has 5 nitrogen and oxygen atoms in total. The van der Waals surface area contributed by atoms with Crippen LogP contribution in [0.1, 0.15) is 24.2 Å². The molecule has 1 aliphatic carbocycles. The van der Waals surface area contributed by atoms with Gasteiger partial charge in [0, 0.05) is 23.5 Å². The highest BCUT2D eigenvalue weighted by molar-refractivity contribution is 7.17. The second-order valence-corrected chi connectivity index (χ2v) is 7.94. The summed E-state index contributed by atoms with van der Waals surface area (Å²) in [6.07, 6.45) is 3.86. The molecule has 28 heavy (non-hydrogen) atoms. The molecule has 1 aromatic carbocycles. The first-order chi connectivity index (χ1) is 13.7. The van der Waals surface area contributed by atoms with Gasteiger partial charge in [-0.2, -0.15) is 0 Å². The van der Waals surface area contributed by atoms with Crippen molar-refractivity contribution in [2.75, 3.05) is 0 Å². The number of halogens is 1. The summed E-state index contributed by atoms with van der Waals surface area (Å²) in [5.74, 6) is 1.09. The molecule has 142 valence electrons. The van der Waals surface area contributed by atoms with Crippen LogP contribution in [0.5, 0.6) is 0 Å². The van der Waals surface area contributed by atoms with E-state index in [9.17, 15) is 9.18 Å². The maximum atomic E-state index is 13.2. The molecular weight excluding hydrogens is 377 g/mol. The average molecular weight is 395 g/mol. The first-order valence-electron chi connectivity index (χ1n) is 9.20. The number of hydrogen-bond acceptors (Lipinski definition) is 5. The van der Waals surface area contributed by atoms with Gasteiger partial charge in [-0.05, 0) is 42.7 Å². The van der Waals surface area contributed by atoms with Crippen LogP contribution in [0, 0.1) is 5.82 Å². The summed E-state index contributed by atoms with van der Waals surface area (Å²) in [4.78, 5) is 23.4. The number of furan rings is 1. The van der Waals surface area contributed by atoms with E-state index in [-0.39, 0.29) is 11.4 Å². The third-order valence-corrected chi connectivity index (χ3v) is 5.87. The van der Waals surface area contributed by atoms with Gasteiger partial charge in [0.05, 0.1) is 18.2 Å². The highest BCUT2D eigenvalue weighted by Gasteiger charge is 2.29. The fourth-order valence-electron chi connectivity index (χ4n) is 3.45. The summed E-state index contributed by atoms with van der Waals surface area (Å²) in [6, 6.07) is 10.7. The molecule has 5 rings (SSSR count). The van der Waals surface area contributed by atoms with Crippen molar-refractivity contribution in [3.63, 3.8) is 0 Å². The Bertz CT molecular complexity index is 1160. The van der Waals surface area contributed by atoms with E-state index in [1.54, 1.807) is 24.5 Å². The molecule has 7 heteroatoms. The minimum atomic E-state index is -0.233. The molecule has 3 aromatic heterocycles. The molecule has 1 fully saturated rings. The molecule has 4 aromatic rings. The van der Waals surface area contributed by atoms with Crippen LogP contribution < -0.4 is 5.56 Å². The molecular formula is C21H18FN3O2S. The van der Waals surface area contributed by atoms with E-state index in [4.69, 9.17) is 9.40 Å². The van der Waals surface area contributed by atoms with Gasteiger partial charge in [0.1, 0.15) is 22.2 Å². The van der Waals surface area contributed by atoms with Gasteiger partial charge in [-0.1, -0.05) is 12.1 Å². The second-order valence-electron chi connectivity index (χ2n) is 7.08. The molecule has 1 aliphatic rings. The number of fused-ring (bicyclic) bond motifs is 1. The summed E-state index contributed by atoms with van der Waals surface area (Å²) in [6.45, 7) is 1.26. The molecule has 0 saturated heterocycles. The molecule has 1 N–H and O–H groups in total. The third kappa shape index (κ3) is 3.39. The molecule has 0 unspecified atom stereocenters. The van der Waals surface area contributed by atoms with Crippen molar-refractivity contribution in [3.8, 4) is 11.3 Å². The van der Waals surface area contributed by atoms with Crippen molar-refractivity contribution in [1.82, 2.24) is 14.9 Å². The van der Waals surface area contributed by atoms with Crippen LogP contribution in [0.15, 0.2) is 57.3 Å². The van der Waals surface area contributed by atoms with E-state index < -0.39 is 0 Å². The summed E-state index contributed by atoms with van der Waals surface area (Å²) >= 11 is 1.45. The third-order valence-electron chi connectivity index (χ3n) is 4.99. The summed E-state index contributed by atoms with van der Waals surface area (Å²) in [5, 5.41) is 2.48. The van der Waals surface area contributed by atoms with E-state index in [1.165, 1.54) is 23.5 Å². The number of nitrogens with zero attached hydrogens (tertiary/aromatic N) is 2. The van der Waals surface area contributed by atoms with Gasteiger partial charge in [0.2, 0.25) is 0 Å². The van der Waals surface area contributed by atoms with Gasteiger partial charge in [0.15, 0.2) is 0 Å². The molecule has 3 heterocycles. The van der Waals surface area contributed by atoms with Crippen molar-refractivity contribution in [2.45, 2.75) is 32.0 Å². The van der Waals surface area contributed by atoms with Gasteiger partial charge in [-0.25, -0.2) is 9.37 Å². The number of nitrogens with one attached hydrogen (secondary N) is 1. The van der Waals surface area contributed by atoms with Crippen LogP contribution in [0.3, 0.4) is 0 Å². The lowest BCUT2D eigenvalue weighted by atomic mass is 10.2. The first kappa shape index (κ1) is 17.3. The number of thiophene rings is 1. The van der Waals surface area contributed by atoms with Crippen LogP contribution in [0.4, 0.5) is 4.39 Å². The SMILES string of the molecule is O=c1[nH]c(CN(Cc2ccc(F)cc2)C2CC2)nc2scc(-c3ccco3)c12. The summed E-state index contributed by atoms with van der Waals surface area (Å²) in [5.41, 5.74) is 1.67. The largest absolute Gasteiger partial charge is 0.464 e. The fourth-order valence-corrected chi connectivity index (χ4v) is 4.40. The highest BCUT2D eigenvalue weighted by Crippen LogP contribution is 2.32. The predicted octanol–water partition coefficient (Wildman–Crippen LogP) is 4.55. The Morgan fingerprint density at radius 2 is 2.04 bits per heavy atom. The number of H-pyrrole nitrogens is 1. The van der Waals surface area contributed by atoms with Gasteiger partial charge < -0.3 is 9.40 Å². The zero-order valence-electron chi connectivity index (χ0n) is 15.0. The number of hydrogen-bond donors (Lipinski definition) is 1. The lowest BCUT2D eigenvalue weighted by Crippen LogP contribution is -2.27. The van der Waals surface area contributed by atoms with Gasteiger partial charge in [-0.15, -0.1) is 11.3 Å².